The van der Waals surface area contributed by atoms with Crippen molar-refractivity contribution >= 4 is 7.41 Å². The third kappa shape index (κ3) is 2.63. The first-order valence-electron chi connectivity index (χ1n) is 5.70. The van der Waals surface area contributed by atoms with Crippen LogP contribution in [0.4, 0.5) is 0 Å². The first kappa shape index (κ1) is 10.8. The highest BCUT2D eigenvalue weighted by atomic mass is 15.3. The van der Waals surface area contributed by atoms with E-state index in [1.165, 1.54) is 24.8 Å². The van der Waals surface area contributed by atoms with Crippen molar-refractivity contribution in [1.29, 1.82) is 0 Å². The van der Waals surface area contributed by atoms with Crippen LogP contribution in [0.15, 0.2) is 30.3 Å². The zero-order valence-corrected chi connectivity index (χ0v) is 10.0. The van der Waals surface area contributed by atoms with Crippen LogP contribution in [0.1, 0.15) is 12.5 Å². The highest BCUT2D eigenvalue weighted by Gasteiger charge is 2.43. The van der Waals surface area contributed by atoms with Gasteiger partial charge >= 0.3 is 7.41 Å². The Morgan fingerprint density at radius 3 is 2.47 bits per heavy atom. The van der Waals surface area contributed by atoms with Crippen LogP contribution >= 0.6 is 0 Å². The standard InChI is InChI=1S/C13H20BN/c1-13(10-14-15(2,3)11-13)9-12-7-5-4-6-8-12/h4-8H,9-11H2,1-3H3/q+1. The Labute approximate surface area is 94.0 Å². The fourth-order valence-corrected chi connectivity index (χ4v) is 2.80. The fraction of sp³-hybridized carbons (Fsp3) is 0.538. The van der Waals surface area contributed by atoms with Crippen LogP contribution in [-0.4, -0.2) is 32.4 Å². The number of rotatable bonds is 2. The second-order valence-electron chi connectivity index (χ2n) is 5.80. The Morgan fingerprint density at radius 1 is 1.27 bits per heavy atom. The third-order valence-corrected chi connectivity index (χ3v) is 3.34. The van der Waals surface area contributed by atoms with Crippen LogP contribution in [0.2, 0.25) is 6.32 Å². The summed E-state index contributed by atoms with van der Waals surface area (Å²) in [5.41, 5.74) is 1.92. The molecular formula is C13H20BN+. The van der Waals surface area contributed by atoms with E-state index in [2.05, 4.69) is 58.8 Å². The largest absolute Gasteiger partial charge is 0.446 e. The molecule has 1 saturated heterocycles. The van der Waals surface area contributed by atoms with Gasteiger partial charge in [0.25, 0.3) is 0 Å². The smallest absolute Gasteiger partial charge is 0.399 e. The lowest BCUT2D eigenvalue weighted by molar-refractivity contribution is -0.777. The molecule has 0 amide bonds. The molecule has 1 aromatic rings. The molecule has 2 rings (SSSR count). The van der Waals surface area contributed by atoms with E-state index in [0.717, 1.165) is 4.39 Å². The summed E-state index contributed by atoms with van der Waals surface area (Å²) in [4.78, 5) is 0. The minimum atomic E-state index is 0.449. The molecule has 15 heavy (non-hydrogen) atoms. The van der Waals surface area contributed by atoms with Crippen LogP contribution in [0, 0.1) is 5.41 Å². The third-order valence-electron chi connectivity index (χ3n) is 3.34. The molecule has 1 aliphatic rings. The second kappa shape index (κ2) is 3.68. The Morgan fingerprint density at radius 2 is 1.93 bits per heavy atom. The van der Waals surface area contributed by atoms with E-state index >= 15 is 0 Å². The van der Waals surface area contributed by atoms with Gasteiger partial charge in [-0.2, -0.15) is 0 Å². The maximum Gasteiger partial charge on any atom is 0.446 e. The van der Waals surface area contributed by atoms with Gasteiger partial charge in [-0.3, -0.25) is 0 Å². The molecule has 1 fully saturated rings. The van der Waals surface area contributed by atoms with Crippen molar-refractivity contribution in [2.75, 3.05) is 20.6 Å². The number of quaternary nitrogens is 1. The van der Waals surface area contributed by atoms with E-state index in [9.17, 15) is 0 Å². The van der Waals surface area contributed by atoms with Crippen molar-refractivity contribution in [3.63, 3.8) is 0 Å². The number of hydrogen-bond donors (Lipinski definition) is 0. The minimum absolute atomic E-state index is 0.449. The number of benzene rings is 1. The lowest BCUT2D eigenvalue weighted by atomic mass is 9.74. The SMILES string of the molecule is CC1(Cc2ccccc2)C[B][N+](C)(C)C1. The Bertz CT molecular complexity index is 334. The van der Waals surface area contributed by atoms with E-state index in [4.69, 9.17) is 0 Å². The quantitative estimate of drug-likeness (QED) is 0.644. The summed E-state index contributed by atoms with van der Waals surface area (Å²) in [5.74, 6) is 0. The molecule has 1 aromatic carbocycles. The summed E-state index contributed by atoms with van der Waals surface area (Å²) in [5, 5.41) is 0. The van der Waals surface area contributed by atoms with Crippen molar-refractivity contribution in [3.8, 4) is 0 Å². The normalized spacial score (nSPS) is 28.7. The zero-order valence-electron chi connectivity index (χ0n) is 10.0. The molecular weight excluding hydrogens is 181 g/mol. The van der Waals surface area contributed by atoms with Crippen molar-refractivity contribution in [2.24, 2.45) is 5.41 Å². The molecule has 0 spiro atoms. The van der Waals surface area contributed by atoms with E-state index < -0.39 is 0 Å². The van der Waals surface area contributed by atoms with Crippen LogP contribution in [0.3, 0.4) is 0 Å². The van der Waals surface area contributed by atoms with Crippen LogP contribution in [-0.2, 0) is 6.42 Å². The van der Waals surface area contributed by atoms with Crippen molar-refractivity contribution in [3.05, 3.63) is 35.9 Å². The summed E-state index contributed by atoms with van der Waals surface area (Å²) in [6, 6.07) is 10.8. The average molecular weight is 201 g/mol. The summed E-state index contributed by atoms with van der Waals surface area (Å²) < 4.78 is 1.06. The monoisotopic (exact) mass is 201 g/mol. The van der Waals surface area contributed by atoms with Gasteiger partial charge in [0, 0.05) is 19.5 Å². The van der Waals surface area contributed by atoms with Crippen molar-refractivity contribution in [1.82, 2.24) is 0 Å². The molecule has 0 aromatic heterocycles. The molecule has 0 saturated carbocycles. The molecule has 1 aliphatic heterocycles. The zero-order chi connectivity index (χ0) is 10.9. The number of hydrogen-bond acceptors (Lipinski definition) is 0. The van der Waals surface area contributed by atoms with Gasteiger partial charge in [-0.05, 0) is 18.3 Å². The van der Waals surface area contributed by atoms with Gasteiger partial charge < -0.3 is 4.39 Å². The molecule has 1 unspecified atom stereocenters. The van der Waals surface area contributed by atoms with E-state index in [0.29, 0.717) is 5.41 Å². The topological polar surface area (TPSA) is 0 Å². The maximum absolute atomic E-state index is 2.43. The van der Waals surface area contributed by atoms with Crippen LogP contribution in [0.5, 0.6) is 0 Å². The van der Waals surface area contributed by atoms with Gasteiger partial charge in [0.2, 0.25) is 0 Å². The molecule has 79 valence electrons. The van der Waals surface area contributed by atoms with E-state index in [1.54, 1.807) is 0 Å². The lowest BCUT2D eigenvalue weighted by Gasteiger charge is -2.29. The van der Waals surface area contributed by atoms with E-state index in [-0.39, 0.29) is 0 Å². The predicted octanol–water partition coefficient (Wildman–Crippen LogP) is 2.36. The molecule has 0 aliphatic carbocycles. The average Bonchev–Trinajstić information content (AvgIpc) is 2.42. The van der Waals surface area contributed by atoms with Crippen molar-refractivity contribution < 1.29 is 4.39 Å². The predicted molar refractivity (Wildman–Crippen MR) is 65.8 cm³/mol. The van der Waals surface area contributed by atoms with Crippen LogP contribution < -0.4 is 0 Å². The fourth-order valence-electron chi connectivity index (χ4n) is 2.80. The Hall–Kier alpha value is -0.755. The minimum Gasteiger partial charge on any atom is -0.399 e. The molecule has 1 heterocycles. The molecule has 0 bridgehead atoms. The summed E-state index contributed by atoms with van der Waals surface area (Å²) in [6.45, 7) is 3.66. The Balaban J connectivity index is 2.07. The van der Waals surface area contributed by atoms with Gasteiger partial charge in [-0.25, -0.2) is 0 Å². The molecule has 1 atom stereocenters. The summed E-state index contributed by atoms with van der Waals surface area (Å²) in [7, 11) is 7.01. The highest BCUT2D eigenvalue weighted by molar-refractivity contribution is 6.27. The van der Waals surface area contributed by atoms with Gasteiger partial charge in [0.05, 0.1) is 6.54 Å². The van der Waals surface area contributed by atoms with Gasteiger partial charge in [-0.1, -0.05) is 37.3 Å². The summed E-state index contributed by atoms with van der Waals surface area (Å²) in [6.07, 6.45) is 2.43. The Kier molecular flexibility index (Phi) is 2.63. The second-order valence-corrected chi connectivity index (χ2v) is 5.80. The first-order chi connectivity index (χ1) is 6.99. The van der Waals surface area contributed by atoms with Gasteiger partial charge in [0.1, 0.15) is 0 Å². The molecule has 2 heteroatoms. The number of nitrogens with zero attached hydrogens (tertiary/aromatic N) is 1. The van der Waals surface area contributed by atoms with Gasteiger partial charge in [0.15, 0.2) is 0 Å². The molecule has 1 nitrogen and oxygen atoms in total. The first-order valence-corrected chi connectivity index (χ1v) is 5.70. The molecule has 1 radical (unpaired) electrons. The maximum atomic E-state index is 2.43. The van der Waals surface area contributed by atoms with Crippen molar-refractivity contribution in [2.45, 2.75) is 19.7 Å². The summed E-state index contributed by atoms with van der Waals surface area (Å²) >= 11 is 0. The van der Waals surface area contributed by atoms with E-state index in [1.807, 2.05) is 0 Å². The van der Waals surface area contributed by atoms with Gasteiger partial charge in [-0.15, -0.1) is 0 Å². The lowest BCUT2D eigenvalue weighted by Crippen LogP contribution is -2.40. The molecule has 0 N–H and O–H groups in total. The van der Waals surface area contributed by atoms with Crippen LogP contribution in [0.25, 0.3) is 0 Å². The highest BCUT2D eigenvalue weighted by Crippen LogP contribution is 2.35.